The minimum Gasteiger partial charge on any atom is -0.393 e. The van der Waals surface area contributed by atoms with Gasteiger partial charge in [0.2, 0.25) is 0 Å². The molecule has 5 heteroatoms. The summed E-state index contributed by atoms with van der Waals surface area (Å²) in [6.45, 7) is 8.25. The third-order valence-corrected chi connectivity index (χ3v) is 10.2. The van der Waals surface area contributed by atoms with E-state index in [9.17, 15) is 14.7 Å². The zero-order valence-electron chi connectivity index (χ0n) is 18.8. The molecule has 4 saturated carbocycles. The maximum absolute atomic E-state index is 13.7. The Morgan fingerprint density at radius 3 is 2.63 bits per heavy atom. The average molecular weight is 418 g/mol. The number of hydrogen-bond acceptors (Lipinski definition) is 5. The first kappa shape index (κ1) is 21.1. The fraction of sp³-hybridized carbons (Fsp3) is 0.920. The van der Waals surface area contributed by atoms with E-state index >= 15 is 0 Å². The molecule has 1 saturated heterocycles. The van der Waals surface area contributed by atoms with Gasteiger partial charge in [-0.15, -0.1) is 0 Å². The zero-order chi connectivity index (χ0) is 21.1. The minimum absolute atomic E-state index is 0.0361. The van der Waals surface area contributed by atoms with Gasteiger partial charge in [-0.2, -0.15) is 0 Å². The standard InChI is InChI=1S/C25H39NO4/c1-24-8-7-17(27)13-16(24)3-4-18-19-5-6-20(25(19,2)14-21(28)23(18)24)22(29)15-26-9-11-30-12-10-26/h16-20,23,27H,3-15H2,1-2H3/t16-,17+,18-,19-,20+,23+,24-,25-/m0/s1. The van der Waals surface area contributed by atoms with Crippen LogP contribution in [0.4, 0.5) is 0 Å². The van der Waals surface area contributed by atoms with Crippen molar-refractivity contribution < 1.29 is 19.4 Å². The van der Waals surface area contributed by atoms with Crippen molar-refractivity contribution in [2.45, 2.75) is 71.3 Å². The van der Waals surface area contributed by atoms with E-state index in [1.165, 1.54) is 0 Å². The van der Waals surface area contributed by atoms with Gasteiger partial charge in [0.05, 0.1) is 25.9 Å². The summed E-state index contributed by atoms with van der Waals surface area (Å²) in [5.41, 5.74) is -0.102. The van der Waals surface area contributed by atoms with Crippen LogP contribution in [0.15, 0.2) is 0 Å². The lowest BCUT2D eigenvalue weighted by molar-refractivity contribution is -0.162. The lowest BCUT2D eigenvalue weighted by atomic mass is 9.44. The summed E-state index contributed by atoms with van der Waals surface area (Å²) >= 11 is 0. The lowest BCUT2D eigenvalue weighted by Gasteiger charge is -2.59. The fourth-order valence-corrected chi connectivity index (χ4v) is 8.67. The number of fused-ring (bicyclic) bond motifs is 5. The van der Waals surface area contributed by atoms with Crippen LogP contribution in [-0.4, -0.2) is 60.5 Å². The molecule has 0 bridgehead atoms. The van der Waals surface area contributed by atoms with E-state index in [1.807, 2.05) is 0 Å². The highest BCUT2D eigenvalue weighted by molar-refractivity contribution is 5.88. The number of aliphatic hydroxyl groups excluding tert-OH is 1. The molecule has 30 heavy (non-hydrogen) atoms. The topological polar surface area (TPSA) is 66.8 Å². The van der Waals surface area contributed by atoms with E-state index in [-0.39, 0.29) is 28.8 Å². The third-order valence-electron chi connectivity index (χ3n) is 10.2. The fourth-order valence-electron chi connectivity index (χ4n) is 8.67. The molecule has 0 spiro atoms. The summed E-state index contributed by atoms with van der Waals surface area (Å²) in [4.78, 5) is 29.3. The second-order valence-electron chi connectivity index (χ2n) is 11.6. The average Bonchev–Trinajstić information content (AvgIpc) is 3.05. The Balaban J connectivity index is 1.36. The summed E-state index contributed by atoms with van der Waals surface area (Å²) in [5.74, 6) is 2.39. The van der Waals surface area contributed by atoms with E-state index in [1.54, 1.807) is 0 Å². The van der Waals surface area contributed by atoms with Gasteiger partial charge in [-0.05, 0) is 73.5 Å². The Kier molecular flexibility index (Phi) is 5.39. The Morgan fingerprint density at radius 2 is 1.87 bits per heavy atom. The molecule has 1 N–H and O–H groups in total. The van der Waals surface area contributed by atoms with E-state index < -0.39 is 0 Å². The number of hydrogen-bond donors (Lipinski definition) is 1. The number of ketones is 2. The van der Waals surface area contributed by atoms with Crippen molar-refractivity contribution in [3.8, 4) is 0 Å². The van der Waals surface area contributed by atoms with E-state index in [0.29, 0.717) is 55.5 Å². The van der Waals surface area contributed by atoms with Crippen LogP contribution in [0.1, 0.15) is 65.2 Å². The molecule has 5 aliphatic rings. The van der Waals surface area contributed by atoms with Crippen LogP contribution in [0.2, 0.25) is 0 Å². The molecule has 0 unspecified atom stereocenters. The van der Waals surface area contributed by atoms with Crippen molar-refractivity contribution in [3.05, 3.63) is 0 Å². The van der Waals surface area contributed by atoms with Gasteiger partial charge < -0.3 is 9.84 Å². The Labute approximate surface area is 180 Å². The number of nitrogens with zero attached hydrogens (tertiary/aromatic N) is 1. The maximum atomic E-state index is 13.7. The number of carbonyl (C=O) groups is 2. The number of morpholine rings is 1. The molecule has 5 nitrogen and oxygen atoms in total. The van der Waals surface area contributed by atoms with Crippen molar-refractivity contribution in [3.63, 3.8) is 0 Å². The second kappa shape index (κ2) is 7.67. The van der Waals surface area contributed by atoms with Crippen LogP contribution in [0, 0.1) is 40.4 Å². The van der Waals surface area contributed by atoms with Crippen LogP contribution < -0.4 is 0 Å². The third kappa shape index (κ3) is 3.22. The van der Waals surface area contributed by atoms with Crippen LogP contribution in [0.5, 0.6) is 0 Å². The van der Waals surface area contributed by atoms with Crippen molar-refractivity contribution in [2.75, 3.05) is 32.8 Å². The van der Waals surface area contributed by atoms with Crippen LogP contribution in [-0.2, 0) is 14.3 Å². The van der Waals surface area contributed by atoms with Crippen molar-refractivity contribution in [2.24, 2.45) is 40.4 Å². The number of carbonyl (C=O) groups excluding carboxylic acids is 2. The minimum atomic E-state index is -0.183. The molecule has 0 aromatic heterocycles. The molecule has 0 amide bonds. The Bertz CT molecular complexity index is 703. The molecule has 0 aromatic rings. The van der Waals surface area contributed by atoms with Gasteiger partial charge in [-0.3, -0.25) is 14.5 Å². The van der Waals surface area contributed by atoms with Gasteiger partial charge in [0.15, 0.2) is 0 Å². The molecular formula is C25H39NO4. The van der Waals surface area contributed by atoms with Gasteiger partial charge in [0.1, 0.15) is 11.6 Å². The summed E-state index contributed by atoms with van der Waals surface area (Å²) in [7, 11) is 0. The van der Waals surface area contributed by atoms with Crippen LogP contribution >= 0.6 is 0 Å². The van der Waals surface area contributed by atoms with Crippen LogP contribution in [0.3, 0.4) is 0 Å². The smallest absolute Gasteiger partial charge is 0.150 e. The molecule has 5 rings (SSSR count). The second-order valence-corrected chi connectivity index (χ2v) is 11.6. The molecule has 5 fully saturated rings. The normalized spacial score (nSPS) is 49.2. The monoisotopic (exact) mass is 417 g/mol. The van der Waals surface area contributed by atoms with Crippen molar-refractivity contribution >= 4 is 11.6 Å². The zero-order valence-corrected chi connectivity index (χ0v) is 18.8. The first-order valence-electron chi connectivity index (χ1n) is 12.4. The first-order valence-corrected chi connectivity index (χ1v) is 12.4. The van der Waals surface area contributed by atoms with Gasteiger partial charge in [-0.1, -0.05) is 13.8 Å². The molecule has 4 aliphatic carbocycles. The SMILES string of the molecule is C[C@]12CC[C@@H](O)C[C@@H]1CC[C@H]1[C@@H]3CC[C@H](C(=O)CN4CCOCC4)[C@@]3(C)CC(=O)[C@@H]12. The number of ether oxygens (including phenoxy) is 1. The van der Waals surface area contributed by atoms with E-state index in [2.05, 4.69) is 18.7 Å². The molecule has 8 atom stereocenters. The predicted octanol–water partition coefficient (Wildman–Crippen LogP) is 3.09. The highest BCUT2D eigenvalue weighted by Gasteiger charge is 2.64. The van der Waals surface area contributed by atoms with E-state index in [0.717, 1.165) is 58.0 Å². The van der Waals surface area contributed by atoms with Gasteiger partial charge >= 0.3 is 0 Å². The maximum Gasteiger partial charge on any atom is 0.150 e. The predicted molar refractivity (Wildman–Crippen MR) is 114 cm³/mol. The van der Waals surface area contributed by atoms with Crippen LogP contribution in [0.25, 0.3) is 0 Å². The molecule has 1 aliphatic heterocycles. The molecule has 0 radical (unpaired) electrons. The highest BCUT2D eigenvalue weighted by Crippen LogP contribution is 2.66. The molecular weight excluding hydrogens is 378 g/mol. The quantitative estimate of drug-likeness (QED) is 0.764. The largest absolute Gasteiger partial charge is 0.393 e. The van der Waals surface area contributed by atoms with Gasteiger partial charge in [0, 0.05) is 31.3 Å². The summed E-state index contributed by atoms with van der Waals surface area (Å²) < 4.78 is 5.43. The Morgan fingerprint density at radius 1 is 1.10 bits per heavy atom. The number of rotatable bonds is 3. The lowest BCUT2D eigenvalue weighted by Crippen LogP contribution is -2.58. The van der Waals surface area contributed by atoms with Crippen molar-refractivity contribution in [1.29, 1.82) is 0 Å². The highest BCUT2D eigenvalue weighted by atomic mass is 16.5. The Hall–Kier alpha value is -0.780. The van der Waals surface area contributed by atoms with E-state index in [4.69, 9.17) is 4.74 Å². The van der Waals surface area contributed by atoms with Crippen molar-refractivity contribution in [1.82, 2.24) is 4.90 Å². The molecule has 1 heterocycles. The molecule has 0 aromatic carbocycles. The summed E-state index contributed by atoms with van der Waals surface area (Å²) in [6.07, 6.45) is 7.40. The van der Waals surface area contributed by atoms with Gasteiger partial charge in [-0.25, -0.2) is 0 Å². The molecule has 168 valence electrons. The summed E-state index contributed by atoms with van der Waals surface area (Å²) in [5, 5.41) is 10.2. The number of aliphatic hydroxyl groups is 1. The van der Waals surface area contributed by atoms with Gasteiger partial charge in [0.25, 0.3) is 0 Å². The first-order chi connectivity index (χ1) is 14.3. The summed E-state index contributed by atoms with van der Waals surface area (Å²) in [6, 6.07) is 0. The number of Topliss-reactive ketones (excluding diaryl/α,β-unsaturated/α-hetero) is 2.